The van der Waals surface area contributed by atoms with Gasteiger partial charge in [0.1, 0.15) is 0 Å². The van der Waals surface area contributed by atoms with Gasteiger partial charge in [-0.2, -0.15) is 0 Å². The number of anilines is 1. The molecule has 1 aromatic heterocycles. The number of allylic oxidation sites excluding steroid dienone is 1. The van der Waals surface area contributed by atoms with E-state index in [1.165, 1.54) is 0 Å². The first-order valence-corrected chi connectivity index (χ1v) is 7.41. The normalized spacial score (nSPS) is 18.2. The van der Waals surface area contributed by atoms with E-state index in [1.54, 1.807) is 15.7 Å². The van der Waals surface area contributed by atoms with E-state index in [-0.39, 0.29) is 6.04 Å². The summed E-state index contributed by atoms with van der Waals surface area (Å²) in [5, 5.41) is 14.3. The molecule has 1 saturated carbocycles. The van der Waals surface area contributed by atoms with Crippen LogP contribution in [0.15, 0.2) is 12.7 Å². The number of hydrogen-bond acceptors (Lipinski definition) is 6. The summed E-state index contributed by atoms with van der Waals surface area (Å²) in [6.07, 6.45) is 3.67. The third kappa shape index (κ3) is 3.07. The Morgan fingerprint density at radius 3 is 2.64 bits per heavy atom. The van der Waals surface area contributed by atoms with Gasteiger partial charge in [0.05, 0.1) is 6.54 Å². The predicted molar refractivity (Wildman–Crippen MR) is 78.0 cm³/mol. The number of hydrogen-bond donors (Lipinski definition) is 1. The highest BCUT2D eigenvalue weighted by Crippen LogP contribution is 2.18. The first kappa shape index (κ1) is 14.5. The lowest BCUT2D eigenvalue weighted by Crippen LogP contribution is -2.53. The summed E-state index contributed by atoms with van der Waals surface area (Å²) in [5.41, 5.74) is 0. The average molecular weight is 305 g/mol. The molecule has 9 heteroatoms. The maximum absolute atomic E-state index is 12.1. The smallest absolute Gasteiger partial charge is 0.312 e. The van der Waals surface area contributed by atoms with Crippen LogP contribution in [0.5, 0.6) is 0 Å². The summed E-state index contributed by atoms with van der Waals surface area (Å²) in [6, 6.07) is 0.196. The predicted octanol–water partition coefficient (Wildman–Crippen LogP) is -1.21. The molecular formula is C13H19N7O2. The van der Waals surface area contributed by atoms with Crippen molar-refractivity contribution in [2.75, 3.05) is 31.1 Å². The fourth-order valence-corrected chi connectivity index (χ4v) is 2.39. The third-order valence-electron chi connectivity index (χ3n) is 3.77. The van der Waals surface area contributed by atoms with E-state index in [0.717, 1.165) is 12.8 Å². The quantitative estimate of drug-likeness (QED) is 0.554. The number of nitrogens with zero attached hydrogens (tertiary/aromatic N) is 6. The van der Waals surface area contributed by atoms with Crippen LogP contribution in [0.25, 0.3) is 0 Å². The van der Waals surface area contributed by atoms with Gasteiger partial charge in [0.2, 0.25) is 5.95 Å². The molecule has 0 unspecified atom stereocenters. The van der Waals surface area contributed by atoms with Crippen molar-refractivity contribution in [1.29, 1.82) is 0 Å². The Kier molecular flexibility index (Phi) is 4.03. The first-order chi connectivity index (χ1) is 10.7. The molecule has 1 N–H and O–H groups in total. The number of rotatable bonds is 4. The molecule has 0 radical (unpaired) electrons. The SMILES string of the molecule is C=CCn1nnnc1N1CCN(C(=O)C(=O)NC2CC2)CC1. The number of carbonyl (C=O) groups excluding carboxylic acids is 2. The number of aromatic nitrogens is 4. The molecule has 2 amide bonds. The van der Waals surface area contributed by atoms with Crippen LogP contribution in [-0.4, -0.2) is 69.1 Å². The Morgan fingerprint density at radius 2 is 2.00 bits per heavy atom. The van der Waals surface area contributed by atoms with Gasteiger partial charge in [-0.05, 0) is 23.3 Å². The minimum absolute atomic E-state index is 0.196. The van der Waals surface area contributed by atoms with Crippen LogP contribution in [0, 0.1) is 0 Å². The second-order valence-electron chi connectivity index (χ2n) is 5.48. The van der Waals surface area contributed by atoms with Crippen LogP contribution in [0.3, 0.4) is 0 Å². The second kappa shape index (κ2) is 6.12. The van der Waals surface area contributed by atoms with Crippen molar-refractivity contribution in [3.05, 3.63) is 12.7 Å². The summed E-state index contributed by atoms with van der Waals surface area (Å²) in [4.78, 5) is 27.4. The molecule has 0 bridgehead atoms. The van der Waals surface area contributed by atoms with Crippen molar-refractivity contribution in [3.63, 3.8) is 0 Å². The lowest BCUT2D eigenvalue weighted by atomic mass is 10.3. The van der Waals surface area contributed by atoms with E-state index in [1.807, 2.05) is 4.90 Å². The number of piperazine rings is 1. The lowest BCUT2D eigenvalue weighted by Gasteiger charge is -2.34. The zero-order valence-corrected chi connectivity index (χ0v) is 12.3. The molecule has 118 valence electrons. The molecule has 2 heterocycles. The molecule has 3 rings (SSSR count). The third-order valence-corrected chi connectivity index (χ3v) is 3.77. The minimum Gasteiger partial charge on any atom is -0.345 e. The van der Waals surface area contributed by atoms with Gasteiger partial charge in [-0.15, -0.1) is 6.58 Å². The molecule has 1 aliphatic heterocycles. The number of nitrogens with one attached hydrogen (secondary N) is 1. The van der Waals surface area contributed by atoms with Gasteiger partial charge in [0, 0.05) is 32.2 Å². The minimum atomic E-state index is -0.493. The van der Waals surface area contributed by atoms with Crippen molar-refractivity contribution >= 4 is 17.8 Å². The summed E-state index contributed by atoms with van der Waals surface area (Å²) in [7, 11) is 0. The van der Waals surface area contributed by atoms with Gasteiger partial charge in [0.25, 0.3) is 0 Å². The second-order valence-corrected chi connectivity index (χ2v) is 5.48. The molecule has 2 aliphatic rings. The fraction of sp³-hybridized carbons (Fsp3) is 0.615. The Labute approximate surface area is 127 Å². The van der Waals surface area contributed by atoms with E-state index in [4.69, 9.17) is 0 Å². The molecule has 1 aliphatic carbocycles. The van der Waals surface area contributed by atoms with E-state index >= 15 is 0 Å². The summed E-state index contributed by atoms with van der Waals surface area (Å²) >= 11 is 0. The van der Waals surface area contributed by atoms with E-state index in [2.05, 4.69) is 27.4 Å². The van der Waals surface area contributed by atoms with Gasteiger partial charge in [0.15, 0.2) is 0 Å². The van der Waals surface area contributed by atoms with Crippen molar-refractivity contribution in [2.45, 2.75) is 25.4 Å². The number of amides is 2. The molecular weight excluding hydrogens is 286 g/mol. The van der Waals surface area contributed by atoms with Crippen molar-refractivity contribution in [1.82, 2.24) is 30.4 Å². The fourth-order valence-electron chi connectivity index (χ4n) is 2.39. The van der Waals surface area contributed by atoms with Crippen LogP contribution in [0.4, 0.5) is 5.95 Å². The molecule has 0 aromatic carbocycles. The summed E-state index contributed by atoms with van der Waals surface area (Å²) in [6.45, 7) is 6.37. The van der Waals surface area contributed by atoms with Gasteiger partial charge in [-0.3, -0.25) is 9.59 Å². The van der Waals surface area contributed by atoms with Crippen LogP contribution in [0.1, 0.15) is 12.8 Å². The zero-order valence-electron chi connectivity index (χ0n) is 12.3. The topological polar surface area (TPSA) is 96.2 Å². The zero-order chi connectivity index (χ0) is 15.5. The Hall–Kier alpha value is -2.45. The Bertz CT molecular complexity index is 573. The molecule has 9 nitrogen and oxygen atoms in total. The van der Waals surface area contributed by atoms with Crippen LogP contribution in [-0.2, 0) is 16.1 Å². The maximum atomic E-state index is 12.1. The Balaban J connectivity index is 1.55. The number of tetrazole rings is 1. The van der Waals surface area contributed by atoms with Gasteiger partial charge < -0.3 is 15.1 Å². The highest BCUT2D eigenvalue weighted by Gasteiger charge is 2.31. The molecule has 0 spiro atoms. The monoisotopic (exact) mass is 305 g/mol. The van der Waals surface area contributed by atoms with Crippen LogP contribution in [0.2, 0.25) is 0 Å². The highest BCUT2D eigenvalue weighted by atomic mass is 16.2. The highest BCUT2D eigenvalue weighted by molar-refractivity contribution is 6.35. The van der Waals surface area contributed by atoms with Gasteiger partial charge >= 0.3 is 11.8 Å². The van der Waals surface area contributed by atoms with E-state index < -0.39 is 11.8 Å². The molecule has 22 heavy (non-hydrogen) atoms. The Morgan fingerprint density at radius 1 is 1.27 bits per heavy atom. The lowest BCUT2D eigenvalue weighted by molar-refractivity contribution is -0.146. The number of carbonyl (C=O) groups is 2. The molecule has 2 fully saturated rings. The van der Waals surface area contributed by atoms with Crippen molar-refractivity contribution in [2.24, 2.45) is 0 Å². The van der Waals surface area contributed by atoms with Gasteiger partial charge in [-0.25, -0.2) is 4.68 Å². The van der Waals surface area contributed by atoms with E-state index in [9.17, 15) is 9.59 Å². The van der Waals surface area contributed by atoms with Crippen LogP contribution < -0.4 is 10.2 Å². The standard InChI is InChI=1S/C13H19N7O2/c1-2-5-20-13(15-16-17-20)19-8-6-18(7-9-19)12(22)11(21)14-10-3-4-10/h2,10H,1,3-9H2,(H,14,21). The van der Waals surface area contributed by atoms with Crippen molar-refractivity contribution in [3.8, 4) is 0 Å². The largest absolute Gasteiger partial charge is 0.345 e. The van der Waals surface area contributed by atoms with E-state index in [0.29, 0.717) is 38.7 Å². The summed E-state index contributed by atoms with van der Waals surface area (Å²) in [5.74, 6) is -0.279. The molecule has 1 aromatic rings. The summed E-state index contributed by atoms with van der Waals surface area (Å²) < 4.78 is 1.66. The van der Waals surface area contributed by atoms with Crippen molar-refractivity contribution < 1.29 is 9.59 Å². The maximum Gasteiger partial charge on any atom is 0.312 e. The average Bonchev–Trinajstić information content (AvgIpc) is 3.23. The van der Waals surface area contributed by atoms with Gasteiger partial charge in [-0.1, -0.05) is 11.2 Å². The first-order valence-electron chi connectivity index (χ1n) is 7.41. The van der Waals surface area contributed by atoms with Crippen LogP contribution >= 0.6 is 0 Å². The molecule has 0 atom stereocenters. The molecule has 1 saturated heterocycles.